The van der Waals surface area contributed by atoms with Gasteiger partial charge in [0, 0.05) is 5.02 Å². The second-order valence-corrected chi connectivity index (χ2v) is 7.62. The fraction of sp³-hybridized carbons (Fsp3) is 0.440. The number of hydrogen-bond acceptors (Lipinski definition) is 0. The Morgan fingerprint density at radius 1 is 0.769 bits per heavy atom. The van der Waals surface area contributed by atoms with E-state index in [0.29, 0.717) is 0 Å². The highest BCUT2D eigenvalue weighted by Gasteiger charge is 1.97. The largest absolute Gasteiger partial charge is 0.0843 e. The maximum absolute atomic E-state index is 6.04. The van der Waals surface area contributed by atoms with Crippen LogP contribution in [0.1, 0.15) is 75.0 Å². The van der Waals surface area contributed by atoms with Gasteiger partial charge in [-0.25, -0.2) is 0 Å². The standard InChI is InChI=1S/C25H33Cl/c1-2-3-4-5-6-7-8-9-12-22-17-19-23(20-18-22)13-10-14-24-15-11-16-25(26)21-24/h9,11-12,15-21H,2-8,10,13-14H2,1H3/b12-9-. The second kappa shape index (κ2) is 12.8. The van der Waals surface area contributed by atoms with E-state index >= 15 is 0 Å². The molecule has 0 aliphatic carbocycles. The highest BCUT2D eigenvalue weighted by molar-refractivity contribution is 6.30. The number of allylic oxidation sites excluding steroid dienone is 1. The normalized spacial score (nSPS) is 11.3. The Morgan fingerprint density at radius 3 is 2.27 bits per heavy atom. The highest BCUT2D eigenvalue weighted by Crippen LogP contribution is 2.15. The topological polar surface area (TPSA) is 0 Å². The Balaban J connectivity index is 1.63. The van der Waals surface area contributed by atoms with Crippen LogP contribution in [0.3, 0.4) is 0 Å². The Hall–Kier alpha value is -1.53. The van der Waals surface area contributed by atoms with Crippen LogP contribution in [0.4, 0.5) is 0 Å². The first-order chi connectivity index (χ1) is 12.8. The van der Waals surface area contributed by atoms with Gasteiger partial charge in [-0.3, -0.25) is 0 Å². The maximum Gasteiger partial charge on any atom is 0.0408 e. The summed E-state index contributed by atoms with van der Waals surface area (Å²) >= 11 is 6.04. The molecule has 0 nitrogen and oxygen atoms in total. The molecule has 1 heteroatoms. The molecule has 140 valence electrons. The highest BCUT2D eigenvalue weighted by atomic mass is 35.5. The zero-order valence-corrected chi connectivity index (χ0v) is 17.0. The van der Waals surface area contributed by atoms with E-state index in [-0.39, 0.29) is 0 Å². The lowest BCUT2D eigenvalue weighted by atomic mass is 10.0. The van der Waals surface area contributed by atoms with Gasteiger partial charge in [-0.1, -0.05) is 99.2 Å². The van der Waals surface area contributed by atoms with Crippen molar-refractivity contribution in [3.8, 4) is 0 Å². The van der Waals surface area contributed by atoms with Gasteiger partial charge >= 0.3 is 0 Å². The number of hydrogen-bond donors (Lipinski definition) is 0. The first-order valence-corrected chi connectivity index (χ1v) is 10.7. The minimum atomic E-state index is 0.833. The van der Waals surface area contributed by atoms with Crippen LogP contribution in [0.15, 0.2) is 54.6 Å². The van der Waals surface area contributed by atoms with Crippen molar-refractivity contribution in [1.29, 1.82) is 0 Å². The van der Waals surface area contributed by atoms with E-state index in [1.54, 1.807) is 0 Å². The lowest BCUT2D eigenvalue weighted by Gasteiger charge is -2.04. The van der Waals surface area contributed by atoms with Crippen LogP contribution < -0.4 is 0 Å². The Morgan fingerprint density at radius 2 is 1.50 bits per heavy atom. The molecule has 0 spiro atoms. The molecule has 0 aliphatic heterocycles. The van der Waals surface area contributed by atoms with Crippen LogP contribution >= 0.6 is 11.6 Å². The Labute approximate surface area is 165 Å². The predicted molar refractivity (Wildman–Crippen MR) is 117 cm³/mol. The van der Waals surface area contributed by atoms with Gasteiger partial charge in [-0.15, -0.1) is 0 Å². The zero-order chi connectivity index (χ0) is 18.5. The van der Waals surface area contributed by atoms with Gasteiger partial charge in [0.25, 0.3) is 0 Å². The van der Waals surface area contributed by atoms with Crippen molar-refractivity contribution in [2.24, 2.45) is 0 Å². The lowest BCUT2D eigenvalue weighted by molar-refractivity contribution is 0.611. The molecule has 0 atom stereocenters. The molecule has 0 saturated carbocycles. The first-order valence-electron chi connectivity index (χ1n) is 10.3. The van der Waals surface area contributed by atoms with Crippen molar-refractivity contribution in [3.05, 3.63) is 76.3 Å². The van der Waals surface area contributed by atoms with E-state index in [1.165, 1.54) is 61.6 Å². The van der Waals surface area contributed by atoms with Gasteiger partial charge < -0.3 is 0 Å². The molecular weight excluding hydrogens is 336 g/mol. The summed E-state index contributed by atoms with van der Waals surface area (Å²) in [5, 5.41) is 0.833. The lowest BCUT2D eigenvalue weighted by Crippen LogP contribution is -1.90. The summed E-state index contributed by atoms with van der Waals surface area (Å²) in [6.45, 7) is 2.27. The molecule has 0 heterocycles. The molecule has 0 aromatic heterocycles. The third kappa shape index (κ3) is 8.72. The third-order valence-corrected chi connectivity index (χ3v) is 5.07. The van der Waals surface area contributed by atoms with E-state index in [2.05, 4.69) is 55.5 Å². The van der Waals surface area contributed by atoms with E-state index < -0.39 is 0 Å². The van der Waals surface area contributed by atoms with E-state index in [9.17, 15) is 0 Å². The molecule has 0 bridgehead atoms. The monoisotopic (exact) mass is 368 g/mol. The minimum absolute atomic E-state index is 0.833. The molecule has 0 aliphatic rings. The Bertz CT molecular complexity index is 639. The average molecular weight is 369 g/mol. The molecule has 26 heavy (non-hydrogen) atoms. The molecular formula is C25H33Cl. The molecule has 0 radical (unpaired) electrons. The van der Waals surface area contributed by atoms with Crippen molar-refractivity contribution in [1.82, 2.24) is 0 Å². The summed E-state index contributed by atoms with van der Waals surface area (Å²) in [5.74, 6) is 0. The van der Waals surface area contributed by atoms with E-state index in [1.807, 2.05) is 12.1 Å². The average Bonchev–Trinajstić information content (AvgIpc) is 2.65. The van der Waals surface area contributed by atoms with Crippen LogP contribution in [-0.4, -0.2) is 0 Å². The van der Waals surface area contributed by atoms with Gasteiger partial charge in [0.15, 0.2) is 0 Å². The Kier molecular flexibility index (Phi) is 10.2. The summed E-state index contributed by atoms with van der Waals surface area (Å²) in [7, 11) is 0. The van der Waals surface area contributed by atoms with Crippen LogP contribution in [0, 0.1) is 0 Å². The summed E-state index contributed by atoms with van der Waals surface area (Å²) in [5.41, 5.74) is 4.06. The number of halogens is 1. The number of unbranched alkanes of at least 4 members (excludes halogenated alkanes) is 6. The van der Waals surface area contributed by atoms with Crippen molar-refractivity contribution in [3.63, 3.8) is 0 Å². The van der Waals surface area contributed by atoms with Crippen LogP contribution in [0.5, 0.6) is 0 Å². The van der Waals surface area contributed by atoms with E-state index in [0.717, 1.165) is 24.3 Å². The number of aryl methyl sites for hydroxylation is 2. The van der Waals surface area contributed by atoms with Gasteiger partial charge in [-0.2, -0.15) is 0 Å². The van der Waals surface area contributed by atoms with Crippen molar-refractivity contribution in [2.75, 3.05) is 0 Å². The van der Waals surface area contributed by atoms with Gasteiger partial charge in [-0.05, 0) is 60.9 Å². The SMILES string of the molecule is CCCCCCCC/C=C\c1ccc(CCCc2cccc(Cl)c2)cc1. The number of benzene rings is 2. The van der Waals surface area contributed by atoms with Gasteiger partial charge in [0.05, 0.1) is 0 Å². The summed E-state index contributed by atoms with van der Waals surface area (Å²) in [6, 6.07) is 17.2. The molecule has 2 rings (SSSR count). The molecule has 0 N–H and O–H groups in total. The quantitative estimate of drug-likeness (QED) is 0.330. The van der Waals surface area contributed by atoms with Gasteiger partial charge in [0.1, 0.15) is 0 Å². The fourth-order valence-electron chi connectivity index (χ4n) is 3.25. The van der Waals surface area contributed by atoms with Crippen LogP contribution in [-0.2, 0) is 12.8 Å². The number of rotatable bonds is 12. The molecule has 2 aromatic rings. The third-order valence-electron chi connectivity index (χ3n) is 4.83. The molecule has 0 amide bonds. The maximum atomic E-state index is 6.04. The zero-order valence-electron chi connectivity index (χ0n) is 16.2. The van der Waals surface area contributed by atoms with Gasteiger partial charge in [0.2, 0.25) is 0 Å². The van der Waals surface area contributed by atoms with E-state index in [4.69, 9.17) is 11.6 Å². The molecule has 2 aromatic carbocycles. The second-order valence-electron chi connectivity index (χ2n) is 7.18. The first kappa shape index (κ1) is 20.8. The van der Waals surface area contributed by atoms with Crippen LogP contribution in [0.2, 0.25) is 5.02 Å². The summed E-state index contributed by atoms with van der Waals surface area (Å²) < 4.78 is 0. The summed E-state index contributed by atoms with van der Waals surface area (Å²) in [4.78, 5) is 0. The molecule has 0 unspecified atom stereocenters. The van der Waals surface area contributed by atoms with Crippen LogP contribution in [0.25, 0.3) is 6.08 Å². The smallest absolute Gasteiger partial charge is 0.0408 e. The minimum Gasteiger partial charge on any atom is -0.0843 e. The van der Waals surface area contributed by atoms with Crippen molar-refractivity contribution in [2.45, 2.75) is 71.1 Å². The fourth-order valence-corrected chi connectivity index (χ4v) is 3.46. The summed E-state index contributed by atoms with van der Waals surface area (Å²) in [6.07, 6.45) is 17.4. The van der Waals surface area contributed by atoms with Crippen molar-refractivity contribution < 1.29 is 0 Å². The predicted octanol–water partition coefficient (Wildman–Crippen LogP) is 8.28. The van der Waals surface area contributed by atoms with Crippen molar-refractivity contribution >= 4 is 17.7 Å². The molecule has 0 fully saturated rings. The molecule has 0 saturated heterocycles.